The maximum Gasteiger partial charge on any atom is 0.297 e. The average molecular weight is 964 g/mol. The van der Waals surface area contributed by atoms with Gasteiger partial charge in [0.15, 0.2) is 17.2 Å². The zero-order valence-electron chi connectivity index (χ0n) is 39.5. The van der Waals surface area contributed by atoms with Crippen molar-refractivity contribution in [3.63, 3.8) is 0 Å². The van der Waals surface area contributed by atoms with E-state index in [0.29, 0.717) is 49.9 Å². The van der Waals surface area contributed by atoms with Crippen molar-refractivity contribution in [2.24, 2.45) is 11.3 Å². The maximum atomic E-state index is 14.2. The van der Waals surface area contributed by atoms with Gasteiger partial charge in [0.2, 0.25) is 0 Å². The number of nitrogens with one attached hydrogen (secondary N) is 3. The Hall–Kier alpha value is -5.95. The predicted molar refractivity (Wildman–Crippen MR) is 260 cm³/mol. The summed E-state index contributed by atoms with van der Waals surface area (Å²) in [5, 5.41) is 26.9. The monoisotopic (exact) mass is 963 g/mol. The molecule has 2 saturated heterocycles. The zero-order valence-corrected chi connectivity index (χ0v) is 40.3. The Labute approximate surface area is 402 Å². The molecule has 10 rings (SSSR count). The van der Waals surface area contributed by atoms with Crippen LogP contribution in [0.1, 0.15) is 106 Å². The smallest absolute Gasteiger partial charge is 0.297 e. The van der Waals surface area contributed by atoms with Crippen molar-refractivity contribution >= 4 is 44.0 Å². The molecule has 5 aromatic rings. The van der Waals surface area contributed by atoms with E-state index in [0.717, 1.165) is 69.1 Å². The molecule has 69 heavy (non-hydrogen) atoms. The summed E-state index contributed by atoms with van der Waals surface area (Å²) >= 11 is 0. The molecule has 2 aromatic heterocycles. The van der Waals surface area contributed by atoms with Crippen molar-refractivity contribution in [3.8, 4) is 23.1 Å². The number of sulfonamides is 1. The molecule has 5 heterocycles. The number of fused-ring (bicyclic) bond motifs is 2. The quantitative estimate of drug-likeness (QED) is 0.0683. The molecule has 0 unspecified atom stereocenters. The van der Waals surface area contributed by atoms with Crippen LogP contribution in [0.4, 0.5) is 17.1 Å². The van der Waals surface area contributed by atoms with Crippen LogP contribution in [-0.4, -0.2) is 103 Å². The molecule has 0 radical (unpaired) electrons. The maximum absolute atomic E-state index is 14.2. The van der Waals surface area contributed by atoms with Crippen molar-refractivity contribution in [3.05, 3.63) is 99.7 Å². The Balaban J connectivity index is 0.876. The lowest BCUT2D eigenvalue weighted by Crippen LogP contribution is -2.58. The number of morpholine rings is 1. The number of hydrogen-bond acceptors (Lipinski definition) is 14. The molecule has 366 valence electrons. The molecule has 1 spiro atoms. The molecule has 17 nitrogen and oxygen atoms in total. The SMILES string of the molecule is COc1nc2[nH]ccc2cc1Oc1cc(N2CCC3(CC2)CC(N2CCOC[C@@H]2c2ccccc2C(C)C)C3)ccc1C(=O)NS(=O)(=O)c1cc2c(c([N+](=O)[O-])c1)N[C@@H](C1CCC(C)(O)CC1)CO2. The highest BCUT2D eigenvalue weighted by molar-refractivity contribution is 7.90. The number of carbonyl (C=O) groups excluding carboxylic acids is 1. The summed E-state index contributed by atoms with van der Waals surface area (Å²) in [5.74, 6) is -0.0695. The van der Waals surface area contributed by atoms with Crippen LogP contribution in [0.3, 0.4) is 0 Å². The van der Waals surface area contributed by atoms with Crippen LogP contribution >= 0.6 is 0 Å². The van der Waals surface area contributed by atoms with Crippen molar-refractivity contribution < 1.29 is 42.2 Å². The van der Waals surface area contributed by atoms with Gasteiger partial charge in [0.25, 0.3) is 27.5 Å². The van der Waals surface area contributed by atoms with Crippen LogP contribution in [0, 0.1) is 21.4 Å². The number of piperidine rings is 1. The second-order valence-corrected chi connectivity index (χ2v) is 21.9. The number of methoxy groups -OCH3 is 1. The molecular weight excluding hydrogens is 903 g/mol. The molecule has 3 aromatic carbocycles. The van der Waals surface area contributed by atoms with E-state index in [1.165, 1.54) is 30.4 Å². The largest absolute Gasteiger partial charge is 0.489 e. The number of aliphatic hydroxyl groups is 1. The summed E-state index contributed by atoms with van der Waals surface area (Å²) in [6.07, 6.45) is 8.57. The number of hydrogen-bond donors (Lipinski definition) is 4. The van der Waals surface area contributed by atoms with Gasteiger partial charge in [0.1, 0.15) is 18.0 Å². The van der Waals surface area contributed by atoms with Gasteiger partial charge in [0, 0.05) is 61.1 Å². The van der Waals surface area contributed by atoms with E-state index in [2.05, 4.69) is 67.9 Å². The van der Waals surface area contributed by atoms with E-state index in [9.17, 15) is 28.4 Å². The summed E-state index contributed by atoms with van der Waals surface area (Å²) in [7, 11) is -3.25. The topological polar surface area (TPSA) is 211 Å². The molecule has 5 aliphatic rings. The van der Waals surface area contributed by atoms with Gasteiger partial charge in [-0.15, -0.1) is 0 Å². The number of H-pyrrole nitrogens is 1. The van der Waals surface area contributed by atoms with Gasteiger partial charge in [-0.05, 0) is 111 Å². The molecule has 2 atom stereocenters. The first-order valence-corrected chi connectivity index (χ1v) is 25.6. The number of rotatable bonds is 12. The second kappa shape index (κ2) is 18.4. The third kappa shape index (κ3) is 9.31. The highest BCUT2D eigenvalue weighted by Crippen LogP contribution is 2.53. The van der Waals surface area contributed by atoms with Crippen LogP contribution in [0.15, 0.2) is 77.8 Å². The van der Waals surface area contributed by atoms with Gasteiger partial charge < -0.3 is 39.3 Å². The van der Waals surface area contributed by atoms with E-state index in [1.807, 2.05) is 6.07 Å². The average Bonchev–Trinajstić information content (AvgIpc) is 3.79. The lowest BCUT2D eigenvalue weighted by molar-refractivity contribution is -0.384. The molecule has 2 saturated carbocycles. The third-order valence-electron chi connectivity index (χ3n) is 15.4. The zero-order chi connectivity index (χ0) is 48.2. The minimum absolute atomic E-state index is 0.0114. The summed E-state index contributed by atoms with van der Waals surface area (Å²) in [6.45, 7) is 10.4. The van der Waals surface area contributed by atoms with Gasteiger partial charge in [-0.3, -0.25) is 19.8 Å². The Morgan fingerprint density at radius 2 is 1.77 bits per heavy atom. The number of pyridine rings is 1. The summed E-state index contributed by atoms with van der Waals surface area (Å²) in [4.78, 5) is 38.0. The van der Waals surface area contributed by atoms with Gasteiger partial charge in [-0.2, -0.15) is 4.98 Å². The highest BCUT2D eigenvalue weighted by Gasteiger charge is 2.50. The van der Waals surface area contributed by atoms with E-state index in [4.69, 9.17) is 18.9 Å². The lowest BCUT2D eigenvalue weighted by Gasteiger charge is -2.57. The first-order valence-electron chi connectivity index (χ1n) is 24.1. The predicted octanol–water partition coefficient (Wildman–Crippen LogP) is 8.45. The van der Waals surface area contributed by atoms with Gasteiger partial charge in [0.05, 0.1) is 53.4 Å². The number of ether oxygens (including phenoxy) is 4. The van der Waals surface area contributed by atoms with Crippen molar-refractivity contribution in [1.29, 1.82) is 0 Å². The van der Waals surface area contributed by atoms with Crippen LogP contribution in [0.25, 0.3) is 11.0 Å². The number of carbonyl (C=O) groups is 1. The summed E-state index contributed by atoms with van der Waals surface area (Å²) < 4.78 is 54.4. The third-order valence-corrected chi connectivity index (χ3v) is 16.8. The lowest BCUT2D eigenvalue weighted by atomic mass is 9.59. The Morgan fingerprint density at radius 3 is 2.51 bits per heavy atom. The Kier molecular flexibility index (Phi) is 12.5. The standard InChI is InChI=1S/C51H61N7O10S/c1-31(2)37-7-5-6-8-38(37)42-30-66-22-21-57(42)35-27-51(28-35)16-19-56(20-17-51)34-9-10-39(43(24-34)68-45-23-33-13-18-52-47(33)54-49(45)65-4)48(59)55-69(63,64)36-25-41(58(61)62)46-44(26-36)67-29-40(53-46)32-11-14-50(3,60)15-12-32/h5-10,13,18,23-26,31-32,35,40,42,53,60H,11-12,14-17,19-22,27-30H2,1-4H3,(H,52,54)(H,55,59)/t32?,40-,42-,50?/m1/s1. The minimum atomic E-state index is -4.70. The molecule has 0 bridgehead atoms. The molecular formula is C51H61N7O10S. The first kappa shape index (κ1) is 46.8. The Morgan fingerprint density at radius 1 is 1.00 bits per heavy atom. The number of benzene rings is 3. The van der Waals surface area contributed by atoms with E-state index in [1.54, 1.807) is 31.3 Å². The molecule has 4 fully saturated rings. The van der Waals surface area contributed by atoms with E-state index >= 15 is 0 Å². The number of nitrogens with zero attached hydrogens (tertiary/aromatic N) is 4. The molecule has 3 aliphatic heterocycles. The molecule has 18 heteroatoms. The van der Waals surface area contributed by atoms with Gasteiger partial charge in [-0.1, -0.05) is 38.1 Å². The first-order chi connectivity index (χ1) is 33.1. The summed E-state index contributed by atoms with van der Waals surface area (Å²) in [5.41, 5.74) is 3.07. The van der Waals surface area contributed by atoms with Crippen molar-refractivity contribution in [2.75, 3.05) is 56.8 Å². The van der Waals surface area contributed by atoms with E-state index in [-0.39, 0.29) is 64.4 Å². The number of aromatic nitrogens is 2. The summed E-state index contributed by atoms with van der Waals surface area (Å²) in [6, 6.07) is 20.0. The second-order valence-electron chi connectivity index (χ2n) is 20.3. The molecule has 4 N–H and O–H groups in total. The molecule has 1 amide bonds. The van der Waals surface area contributed by atoms with Crippen LogP contribution < -0.4 is 29.1 Å². The van der Waals surface area contributed by atoms with Crippen molar-refractivity contribution in [1.82, 2.24) is 19.6 Å². The number of nitro benzene ring substituents is 1. The Bertz CT molecular complexity index is 2860. The number of amides is 1. The number of anilines is 2. The fraction of sp³-hybridized carbons (Fsp3) is 0.490. The minimum Gasteiger partial charge on any atom is -0.489 e. The fourth-order valence-electron chi connectivity index (χ4n) is 11.4. The van der Waals surface area contributed by atoms with Crippen LogP contribution in [0.5, 0.6) is 23.1 Å². The van der Waals surface area contributed by atoms with Gasteiger partial charge in [-0.25, -0.2) is 13.1 Å². The van der Waals surface area contributed by atoms with Gasteiger partial charge >= 0.3 is 0 Å². The highest BCUT2D eigenvalue weighted by atomic mass is 32.2. The normalized spacial score (nSPS) is 24.0. The molecule has 2 aliphatic carbocycles. The fourth-order valence-corrected chi connectivity index (χ4v) is 12.4. The van der Waals surface area contributed by atoms with Crippen LogP contribution in [0.2, 0.25) is 0 Å². The van der Waals surface area contributed by atoms with E-state index < -0.39 is 37.0 Å². The van der Waals surface area contributed by atoms with Crippen molar-refractivity contribution in [2.45, 2.75) is 107 Å². The number of nitro groups is 1. The van der Waals surface area contributed by atoms with Crippen LogP contribution in [-0.2, 0) is 14.8 Å². The number of aromatic amines is 1.